The van der Waals surface area contributed by atoms with Gasteiger partial charge in [0.15, 0.2) is 11.5 Å². The highest BCUT2D eigenvalue weighted by molar-refractivity contribution is 8.13. The average Bonchev–Trinajstić information content (AvgIpc) is 3.58. The molecule has 0 spiro atoms. The fourth-order valence-corrected chi connectivity index (χ4v) is 8.59. The summed E-state index contributed by atoms with van der Waals surface area (Å²) in [5, 5.41) is 23.7. The van der Waals surface area contributed by atoms with E-state index in [0.29, 0.717) is 28.0 Å². The summed E-state index contributed by atoms with van der Waals surface area (Å²) in [6, 6.07) is -0.718. The van der Waals surface area contributed by atoms with Gasteiger partial charge in [-0.2, -0.15) is 0 Å². The van der Waals surface area contributed by atoms with Crippen LogP contribution >= 0.6 is 23.1 Å². The van der Waals surface area contributed by atoms with Crippen LogP contribution in [0.3, 0.4) is 0 Å². The number of thioether (sulfide) groups is 1. The number of hydrogen-bond donors (Lipinski definition) is 2. The van der Waals surface area contributed by atoms with E-state index in [2.05, 4.69) is 4.98 Å². The van der Waals surface area contributed by atoms with Crippen molar-refractivity contribution in [2.24, 2.45) is 0 Å². The van der Waals surface area contributed by atoms with Gasteiger partial charge in [-0.3, -0.25) is 18.7 Å². The highest BCUT2D eigenvalue weighted by Gasteiger charge is 2.64. The SMILES string of the molecule is C/C1=C\[C@@H](O)C(=O)/C=C/C=C\c2csc(n2)[C@@H](C)N2C(=O)C[C@@]([C@@](C)(O)C(=O)SCc3oc(=O)oc3C)(CC1)[S@@]2=O. The van der Waals surface area contributed by atoms with E-state index in [-0.39, 0.29) is 30.1 Å². The molecule has 2 aromatic heterocycles. The molecule has 0 aromatic carbocycles. The largest absolute Gasteiger partial charge is 0.519 e. The van der Waals surface area contributed by atoms with E-state index in [1.165, 1.54) is 43.4 Å². The molecule has 11 nitrogen and oxygen atoms in total. The Bertz CT molecular complexity index is 1530. The first-order chi connectivity index (χ1) is 19.3. The predicted molar refractivity (Wildman–Crippen MR) is 154 cm³/mol. The summed E-state index contributed by atoms with van der Waals surface area (Å²) in [6.07, 6.45) is 5.57. The van der Waals surface area contributed by atoms with Crippen molar-refractivity contribution >= 4 is 57.0 Å². The molecule has 2 aromatic rings. The number of rotatable bonds is 4. The van der Waals surface area contributed by atoms with Crippen molar-refractivity contribution < 1.29 is 37.6 Å². The number of allylic oxidation sites excluding steroid dienone is 3. The average molecular weight is 623 g/mol. The first kappa shape index (κ1) is 31.0. The number of aromatic nitrogens is 1. The zero-order valence-corrected chi connectivity index (χ0v) is 25.3. The molecule has 2 aliphatic heterocycles. The summed E-state index contributed by atoms with van der Waals surface area (Å²) in [4.78, 5) is 55.3. The minimum absolute atomic E-state index is 0.0720. The molecule has 220 valence electrons. The Morgan fingerprint density at radius 1 is 1.27 bits per heavy atom. The van der Waals surface area contributed by atoms with Crippen LogP contribution in [0.5, 0.6) is 0 Å². The highest BCUT2D eigenvalue weighted by atomic mass is 32.2. The normalized spacial score (nSPS) is 29.9. The molecule has 4 rings (SSSR count). The number of aliphatic hydroxyl groups excluding tert-OH is 1. The van der Waals surface area contributed by atoms with Crippen molar-refractivity contribution in [3.63, 3.8) is 0 Å². The summed E-state index contributed by atoms with van der Waals surface area (Å²) in [5.41, 5.74) is -1.18. The Morgan fingerprint density at radius 3 is 2.66 bits per heavy atom. The number of aryl methyl sites for hydroxylation is 1. The van der Waals surface area contributed by atoms with Crippen LogP contribution in [0.2, 0.25) is 0 Å². The van der Waals surface area contributed by atoms with Gasteiger partial charge < -0.3 is 19.0 Å². The Kier molecular flexibility index (Phi) is 9.19. The second kappa shape index (κ2) is 12.1. The molecule has 14 heteroatoms. The second-order valence-corrected chi connectivity index (χ2v) is 13.6. The smallest absolute Gasteiger partial charge is 0.396 e. The van der Waals surface area contributed by atoms with Gasteiger partial charge >= 0.3 is 5.82 Å². The molecule has 0 aliphatic carbocycles. The summed E-state index contributed by atoms with van der Waals surface area (Å²) < 4.78 is 23.5. The third kappa shape index (κ3) is 6.16. The van der Waals surface area contributed by atoms with Gasteiger partial charge in [0.1, 0.15) is 38.2 Å². The van der Waals surface area contributed by atoms with Crippen LogP contribution in [0.4, 0.5) is 0 Å². The van der Waals surface area contributed by atoms with Crippen LogP contribution in [0.15, 0.2) is 48.9 Å². The number of thiazole rings is 1. The van der Waals surface area contributed by atoms with Crippen molar-refractivity contribution in [1.82, 2.24) is 9.29 Å². The molecule has 2 aliphatic rings. The molecule has 0 radical (unpaired) electrons. The van der Waals surface area contributed by atoms with Crippen molar-refractivity contribution in [1.29, 1.82) is 0 Å². The molecule has 5 atom stereocenters. The maximum Gasteiger partial charge on any atom is 0.519 e. The van der Waals surface area contributed by atoms with E-state index >= 15 is 0 Å². The number of hydrogen-bond acceptors (Lipinski definition) is 12. The number of carbonyl (C=O) groups is 3. The topological polar surface area (TPSA) is 168 Å². The second-order valence-electron chi connectivity index (χ2n) is 10.1. The summed E-state index contributed by atoms with van der Waals surface area (Å²) in [6.45, 7) is 6.08. The Labute approximate surface area is 246 Å². The van der Waals surface area contributed by atoms with Gasteiger partial charge in [-0.25, -0.2) is 14.0 Å². The zero-order valence-electron chi connectivity index (χ0n) is 22.8. The lowest BCUT2D eigenvalue weighted by atomic mass is 9.81. The Balaban J connectivity index is 1.74. The highest BCUT2D eigenvalue weighted by Crippen LogP contribution is 2.48. The quantitative estimate of drug-likeness (QED) is 0.481. The van der Waals surface area contributed by atoms with Crippen LogP contribution in [0, 0.1) is 6.92 Å². The third-order valence-corrected chi connectivity index (χ3v) is 11.6. The van der Waals surface area contributed by atoms with Crippen LogP contribution in [0.25, 0.3) is 6.08 Å². The van der Waals surface area contributed by atoms with Crippen LogP contribution in [-0.2, 0) is 31.1 Å². The number of aliphatic hydroxyl groups is 2. The lowest BCUT2D eigenvalue weighted by Crippen LogP contribution is -2.58. The van der Waals surface area contributed by atoms with Gasteiger partial charge in [0, 0.05) is 5.38 Å². The van der Waals surface area contributed by atoms with Gasteiger partial charge in [-0.15, -0.1) is 11.3 Å². The molecule has 41 heavy (non-hydrogen) atoms. The lowest BCUT2D eigenvalue weighted by molar-refractivity contribution is -0.132. The predicted octanol–water partition coefficient (Wildman–Crippen LogP) is 3.14. The summed E-state index contributed by atoms with van der Waals surface area (Å²) >= 11 is 1.91. The molecule has 0 unspecified atom stereocenters. The number of nitrogens with zero attached hydrogens (tertiary/aromatic N) is 2. The molecule has 1 fully saturated rings. The molecule has 1 amide bonds. The third-order valence-electron chi connectivity index (χ3n) is 7.19. The minimum atomic E-state index is -2.28. The van der Waals surface area contributed by atoms with Crippen LogP contribution in [0.1, 0.15) is 68.3 Å². The van der Waals surface area contributed by atoms with Gasteiger partial charge in [0.2, 0.25) is 11.0 Å². The van der Waals surface area contributed by atoms with E-state index in [1.54, 1.807) is 31.4 Å². The van der Waals surface area contributed by atoms with Crippen LogP contribution < -0.4 is 5.82 Å². The number of amides is 1. The molecule has 4 bridgehead atoms. The molecule has 2 N–H and O–H groups in total. The fraction of sp³-hybridized carbons (Fsp3) is 0.444. The standard InChI is InChI=1S/C27H30N2O9S3/c1-15-9-10-27(26(4,35)24(33)40-14-21-17(3)37-25(34)38-21)12-22(32)29(41(27)36)16(2)23-28-18(13-39-23)7-5-6-8-19(30)20(31)11-15/h5-8,11,13,16,20,31,35H,9-10,12,14H2,1-4H3/b7-5-,8-6+,15-11+/t16-,20-,26+,27-,41+/m1/s1. The number of ketones is 1. The van der Waals surface area contributed by atoms with Crippen molar-refractivity contribution in [2.45, 2.75) is 75.2 Å². The van der Waals surface area contributed by atoms with Gasteiger partial charge in [0.05, 0.1) is 23.9 Å². The van der Waals surface area contributed by atoms with E-state index in [9.17, 15) is 33.6 Å². The molecule has 1 saturated heterocycles. The molecular formula is C27H30N2O9S3. The van der Waals surface area contributed by atoms with Gasteiger partial charge in [-0.05, 0) is 58.8 Å². The lowest BCUT2D eigenvalue weighted by Gasteiger charge is -2.39. The van der Waals surface area contributed by atoms with E-state index in [4.69, 9.17) is 8.83 Å². The molecular weight excluding hydrogens is 593 g/mol. The molecule has 4 heterocycles. The maximum atomic E-state index is 14.3. The Morgan fingerprint density at radius 2 is 1.98 bits per heavy atom. The van der Waals surface area contributed by atoms with Crippen molar-refractivity contribution in [3.05, 3.63) is 68.1 Å². The van der Waals surface area contributed by atoms with Crippen molar-refractivity contribution in [3.8, 4) is 0 Å². The Hall–Kier alpha value is -2.91. The van der Waals surface area contributed by atoms with Gasteiger partial charge in [-0.1, -0.05) is 29.5 Å². The van der Waals surface area contributed by atoms with Gasteiger partial charge in [0.25, 0.3) is 0 Å². The monoisotopic (exact) mass is 622 g/mol. The van der Waals surface area contributed by atoms with E-state index in [1.807, 2.05) is 0 Å². The first-order valence-corrected chi connectivity index (χ1v) is 15.7. The van der Waals surface area contributed by atoms with E-state index < -0.39 is 62.5 Å². The summed E-state index contributed by atoms with van der Waals surface area (Å²) in [7, 11) is -2.19. The molecule has 0 saturated carbocycles. The maximum absolute atomic E-state index is 14.3. The fourth-order valence-electron chi connectivity index (χ4n) is 4.66. The summed E-state index contributed by atoms with van der Waals surface area (Å²) in [5.74, 6) is -1.80. The van der Waals surface area contributed by atoms with E-state index in [0.717, 1.165) is 4.31 Å². The minimum Gasteiger partial charge on any atom is -0.396 e. The van der Waals surface area contributed by atoms with Crippen molar-refractivity contribution in [2.75, 3.05) is 0 Å². The number of fused-ring (bicyclic) bond motifs is 4. The number of carbonyl (C=O) groups excluding carboxylic acids is 3. The van der Waals surface area contributed by atoms with Crippen LogP contribution in [-0.4, -0.2) is 57.0 Å². The first-order valence-electron chi connectivity index (χ1n) is 12.7. The zero-order chi connectivity index (χ0) is 30.1.